The topological polar surface area (TPSA) is 168 Å². The Bertz CT molecular complexity index is 1050. The van der Waals surface area contributed by atoms with E-state index in [4.69, 9.17) is 5.14 Å². The van der Waals surface area contributed by atoms with Crippen LogP contribution in [0.1, 0.15) is 0 Å². The van der Waals surface area contributed by atoms with E-state index >= 15 is 0 Å². The molecular formula is C9H9N5O6S3. The lowest BCUT2D eigenvalue weighted by molar-refractivity contribution is -0.385. The first kappa shape index (κ1) is 17.2. The first-order valence-electron chi connectivity index (χ1n) is 5.63. The van der Waals surface area contributed by atoms with Crippen LogP contribution in [0.25, 0.3) is 0 Å². The lowest BCUT2D eigenvalue weighted by Crippen LogP contribution is -2.15. The van der Waals surface area contributed by atoms with Crippen LogP contribution in [0.4, 0.5) is 5.69 Å². The number of benzene rings is 1. The van der Waals surface area contributed by atoms with Crippen molar-refractivity contribution in [3.05, 3.63) is 39.2 Å². The summed E-state index contributed by atoms with van der Waals surface area (Å²) in [7, 11) is -7.11. The minimum atomic E-state index is -4.29. The molecule has 0 unspecified atom stereocenters. The fourth-order valence-electron chi connectivity index (χ4n) is 1.44. The summed E-state index contributed by atoms with van der Waals surface area (Å²) in [6.45, 7) is 0. The zero-order valence-corrected chi connectivity index (χ0v) is 13.8. The predicted octanol–water partition coefficient (Wildman–Crippen LogP) is -0.673. The zero-order valence-electron chi connectivity index (χ0n) is 11.3. The number of sulfonamides is 2. The molecule has 0 aliphatic rings. The van der Waals surface area contributed by atoms with Crippen LogP contribution in [-0.4, -0.2) is 31.5 Å². The Morgan fingerprint density at radius 2 is 2.00 bits per heavy atom. The number of nitrogens with zero attached hydrogens (tertiary/aromatic N) is 4. The van der Waals surface area contributed by atoms with Crippen molar-refractivity contribution < 1.29 is 21.8 Å². The molecule has 0 amide bonds. The number of aryl methyl sites for hydroxylation is 1. The number of rotatable bonds is 4. The van der Waals surface area contributed by atoms with Gasteiger partial charge in [0.2, 0.25) is 9.14 Å². The summed E-state index contributed by atoms with van der Waals surface area (Å²) in [6, 6.07) is 4.31. The van der Waals surface area contributed by atoms with Crippen molar-refractivity contribution in [3.63, 3.8) is 0 Å². The van der Waals surface area contributed by atoms with E-state index in [9.17, 15) is 26.9 Å². The van der Waals surface area contributed by atoms with Gasteiger partial charge in [-0.2, -0.15) is 8.42 Å². The highest BCUT2D eigenvalue weighted by Gasteiger charge is 2.19. The van der Waals surface area contributed by atoms with E-state index in [1.54, 1.807) is 0 Å². The molecule has 11 nitrogen and oxygen atoms in total. The maximum Gasteiger partial charge on any atom is 0.285 e. The molecule has 124 valence electrons. The van der Waals surface area contributed by atoms with Crippen LogP contribution in [0.15, 0.2) is 37.9 Å². The minimum absolute atomic E-state index is 0.250. The second kappa shape index (κ2) is 5.80. The first-order chi connectivity index (χ1) is 10.5. The summed E-state index contributed by atoms with van der Waals surface area (Å²) in [5, 5.41) is 19.2. The maximum atomic E-state index is 12.2. The third-order valence-electron chi connectivity index (χ3n) is 2.46. The van der Waals surface area contributed by atoms with Crippen LogP contribution >= 0.6 is 11.3 Å². The van der Waals surface area contributed by atoms with Crippen molar-refractivity contribution in [3.8, 4) is 0 Å². The molecular weight excluding hydrogens is 370 g/mol. The van der Waals surface area contributed by atoms with Gasteiger partial charge in [0.25, 0.3) is 25.7 Å². The van der Waals surface area contributed by atoms with Gasteiger partial charge in [-0.1, -0.05) is 17.4 Å². The van der Waals surface area contributed by atoms with Crippen molar-refractivity contribution in [2.24, 2.45) is 16.6 Å². The Labute approximate surface area is 134 Å². The number of hydrogen-bond donors (Lipinski definition) is 1. The van der Waals surface area contributed by atoms with Crippen LogP contribution in [0.2, 0.25) is 0 Å². The Hall–Kier alpha value is -2.16. The summed E-state index contributed by atoms with van der Waals surface area (Å²) in [5.74, 6) is 0. The summed E-state index contributed by atoms with van der Waals surface area (Å²) < 4.78 is 50.6. The highest BCUT2D eigenvalue weighted by molar-refractivity contribution is 7.91. The standard InChI is InChI=1S/C9H9N5O6S3/c1-13-8(21-9(11-13)22(10,17)18)12-23(19,20)7-4-2-3-6(5-7)14(15)16/h2-5H,1H3,(H2,10,17,18)/b12-8-. The van der Waals surface area contributed by atoms with Crippen molar-refractivity contribution in [2.45, 2.75) is 9.24 Å². The molecule has 0 spiro atoms. The number of aromatic nitrogens is 2. The third kappa shape index (κ3) is 3.79. The van der Waals surface area contributed by atoms with E-state index < -0.39 is 39.9 Å². The molecule has 0 radical (unpaired) electrons. The van der Waals surface area contributed by atoms with Gasteiger partial charge in [0.15, 0.2) is 0 Å². The van der Waals surface area contributed by atoms with Gasteiger partial charge in [0.1, 0.15) is 0 Å². The first-order valence-corrected chi connectivity index (χ1v) is 9.43. The molecule has 0 aliphatic carbocycles. The molecule has 1 aromatic carbocycles. The van der Waals surface area contributed by atoms with Crippen LogP contribution in [-0.2, 0) is 27.1 Å². The molecule has 0 fully saturated rings. The lowest BCUT2D eigenvalue weighted by atomic mass is 10.3. The Morgan fingerprint density at radius 3 is 2.52 bits per heavy atom. The van der Waals surface area contributed by atoms with E-state index in [1.807, 2.05) is 0 Å². The van der Waals surface area contributed by atoms with Crippen LogP contribution < -0.4 is 9.94 Å². The van der Waals surface area contributed by atoms with Crippen LogP contribution in [0.5, 0.6) is 0 Å². The third-order valence-corrected chi connectivity index (χ3v) is 6.14. The second-order valence-electron chi connectivity index (χ2n) is 4.14. The molecule has 0 saturated carbocycles. The normalized spacial score (nSPS) is 13.2. The van der Waals surface area contributed by atoms with Crippen molar-refractivity contribution >= 4 is 37.1 Å². The van der Waals surface area contributed by atoms with Gasteiger partial charge >= 0.3 is 0 Å². The SMILES string of the molecule is Cn1nc(S(N)(=O)=O)s/c1=N\S(=O)(=O)c1cccc([N+](=O)[O-])c1. The van der Waals surface area contributed by atoms with E-state index in [-0.39, 0.29) is 4.80 Å². The fourth-order valence-corrected chi connectivity index (χ4v) is 4.25. The summed E-state index contributed by atoms with van der Waals surface area (Å²) in [6.07, 6.45) is 0. The zero-order chi connectivity index (χ0) is 17.4. The summed E-state index contributed by atoms with van der Waals surface area (Å²) in [4.78, 5) is 9.29. The van der Waals surface area contributed by atoms with E-state index in [0.29, 0.717) is 11.3 Å². The minimum Gasteiger partial charge on any atom is -0.258 e. The van der Waals surface area contributed by atoms with E-state index in [2.05, 4.69) is 9.50 Å². The highest BCUT2D eigenvalue weighted by Crippen LogP contribution is 2.19. The Kier molecular flexibility index (Phi) is 4.34. The van der Waals surface area contributed by atoms with Gasteiger partial charge in [-0.15, -0.1) is 9.50 Å². The second-order valence-corrected chi connectivity index (χ2v) is 8.44. The monoisotopic (exact) mass is 379 g/mol. The number of primary sulfonamides is 1. The summed E-state index contributed by atoms with van der Waals surface area (Å²) >= 11 is 0.458. The molecule has 1 heterocycles. The van der Waals surface area contributed by atoms with Gasteiger partial charge < -0.3 is 0 Å². The highest BCUT2D eigenvalue weighted by atomic mass is 32.2. The quantitative estimate of drug-likeness (QED) is 0.542. The molecule has 23 heavy (non-hydrogen) atoms. The van der Waals surface area contributed by atoms with E-state index in [0.717, 1.165) is 22.9 Å². The number of hydrogen-bond acceptors (Lipinski definition) is 8. The number of nitro benzene ring substituents is 1. The molecule has 2 N–H and O–H groups in total. The van der Waals surface area contributed by atoms with Gasteiger partial charge in [-0.25, -0.2) is 18.2 Å². The number of nitrogens with two attached hydrogens (primary N) is 1. The van der Waals surface area contributed by atoms with Gasteiger partial charge in [-0.05, 0) is 6.07 Å². The van der Waals surface area contributed by atoms with Gasteiger partial charge in [-0.3, -0.25) is 10.1 Å². The Morgan fingerprint density at radius 1 is 1.35 bits per heavy atom. The molecule has 0 atom stereocenters. The lowest BCUT2D eigenvalue weighted by Gasteiger charge is -1.98. The predicted molar refractivity (Wildman–Crippen MR) is 78.3 cm³/mol. The van der Waals surface area contributed by atoms with E-state index in [1.165, 1.54) is 13.1 Å². The molecule has 0 saturated heterocycles. The van der Waals surface area contributed by atoms with Crippen molar-refractivity contribution in [1.82, 2.24) is 9.78 Å². The average molecular weight is 379 g/mol. The average Bonchev–Trinajstić information content (AvgIpc) is 2.80. The molecule has 0 aliphatic heterocycles. The van der Waals surface area contributed by atoms with Gasteiger partial charge in [0.05, 0.1) is 9.82 Å². The number of non-ortho nitro benzene ring substituents is 1. The molecule has 1 aromatic heterocycles. The smallest absolute Gasteiger partial charge is 0.258 e. The van der Waals surface area contributed by atoms with Crippen LogP contribution in [0.3, 0.4) is 0 Å². The van der Waals surface area contributed by atoms with Crippen molar-refractivity contribution in [2.75, 3.05) is 0 Å². The molecule has 2 aromatic rings. The molecule has 0 bridgehead atoms. The summed E-state index contributed by atoms with van der Waals surface area (Å²) in [5.41, 5.74) is -0.417. The van der Waals surface area contributed by atoms with Gasteiger partial charge in [0, 0.05) is 19.2 Å². The maximum absolute atomic E-state index is 12.2. The Balaban J connectivity index is 2.60. The molecule has 2 rings (SSSR count). The molecule has 14 heteroatoms. The fraction of sp³-hybridized carbons (Fsp3) is 0.111. The number of nitro groups is 1. The largest absolute Gasteiger partial charge is 0.285 e. The van der Waals surface area contributed by atoms with Crippen LogP contribution in [0, 0.1) is 10.1 Å². The van der Waals surface area contributed by atoms with Crippen molar-refractivity contribution in [1.29, 1.82) is 0 Å².